The van der Waals surface area contributed by atoms with Gasteiger partial charge in [-0.05, 0) is 29.3 Å². The van der Waals surface area contributed by atoms with E-state index in [0.717, 1.165) is 6.07 Å². The van der Waals surface area contributed by atoms with E-state index in [1.165, 1.54) is 42.5 Å². The summed E-state index contributed by atoms with van der Waals surface area (Å²) in [5.41, 5.74) is -0.739. The fourth-order valence-electron chi connectivity index (χ4n) is 3.20. The first-order valence-electron chi connectivity index (χ1n) is 7.90. The third-order valence-corrected chi connectivity index (χ3v) is 7.19. The summed E-state index contributed by atoms with van der Waals surface area (Å²) in [5.74, 6) is -1.55. The first-order valence-corrected chi connectivity index (χ1v) is 10.9. The van der Waals surface area contributed by atoms with Crippen molar-refractivity contribution in [2.24, 2.45) is 0 Å². The van der Waals surface area contributed by atoms with Crippen molar-refractivity contribution in [3.8, 4) is 11.5 Å². The van der Waals surface area contributed by atoms with Crippen LogP contribution in [0.2, 0.25) is 20.1 Å². The number of aromatic hydroxyl groups is 2. The summed E-state index contributed by atoms with van der Waals surface area (Å²) < 4.78 is 33.8. The molecule has 29 heavy (non-hydrogen) atoms. The van der Waals surface area contributed by atoms with E-state index in [1.54, 1.807) is 6.07 Å². The van der Waals surface area contributed by atoms with Crippen LogP contribution in [-0.4, -0.2) is 23.2 Å². The quantitative estimate of drug-likeness (QED) is 0.311. The van der Waals surface area contributed by atoms with Gasteiger partial charge in [-0.2, -0.15) is 8.42 Å². The number of rotatable bonds is 4. The fraction of sp³-hybridized carbons (Fsp3) is 0.0526. The zero-order valence-electron chi connectivity index (χ0n) is 14.3. The van der Waals surface area contributed by atoms with Crippen LogP contribution in [0.5, 0.6) is 11.5 Å². The molecule has 0 aliphatic rings. The highest BCUT2D eigenvalue weighted by Gasteiger charge is 2.52. The summed E-state index contributed by atoms with van der Waals surface area (Å²) in [7, 11) is -5.13. The summed E-state index contributed by atoms with van der Waals surface area (Å²) in [6.45, 7) is 0. The average molecular weight is 494 g/mol. The molecule has 0 heterocycles. The normalized spacial score (nSPS) is 13.8. The molecule has 0 spiro atoms. The van der Waals surface area contributed by atoms with E-state index in [-0.39, 0.29) is 31.2 Å². The molecule has 0 bridgehead atoms. The number of benzene rings is 3. The Labute approximate surface area is 186 Å². The summed E-state index contributed by atoms with van der Waals surface area (Å²) in [4.78, 5) is 0. The van der Waals surface area contributed by atoms with Crippen LogP contribution in [0.3, 0.4) is 0 Å². The number of hydrogen-bond acceptors (Lipinski definition) is 4. The van der Waals surface area contributed by atoms with Gasteiger partial charge in [0, 0.05) is 0 Å². The van der Waals surface area contributed by atoms with Gasteiger partial charge in [0.2, 0.25) is 0 Å². The van der Waals surface area contributed by atoms with Crippen molar-refractivity contribution < 1.29 is 23.2 Å². The van der Waals surface area contributed by atoms with Crippen molar-refractivity contribution in [1.82, 2.24) is 0 Å². The lowest BCUT2D eigenvalue weighted by Gasteiger charge is -2.34. The van der Waals surface area contributed by atoms with Gasteiger partial charge in [0.05, 0.1) is 25.7 Å². The topological polar surface area (TPSA) is 94.8 Å². The second-order valence-electron chi connectivity index (χ2n) is 6.06. The van der Waals surface area contributed by atoms with Crippen LogP contribution >= 0.6 is 46.4 Å². The van der Waals surface area contributed by atoms with Gasteiger partial charge in [0.1, 0.15) is 11.5 Å². The second kappa shape index (κ2) is 7.87. The van der Waals surface area contributed by atoms with Gasteiger partial charge in [-0.25, -0.2) is 0 Å². The van der Waals surface area contributed by atoms with Crippen molar-refractivity contribution in [2.75, 3.05) is 0 Å². The molecule has 0 radical (unpaired) electrons. The molecule has 1 atom stereocenters. The number of halogens is 4. The van der Waals surface area contributed by atoms with Crippen LogP contribution in [0.25, 0.3) is 0 Å². The van der Waals surface area contributed by atoms with Crippen molar-refractivity contribution in [1.29, 1.82) is 0 Å². The maximum atomic E-state index is 12.9. The van der Waals surface area contributed by atoms with Gasteiger partial charge >= 0.3 is 0 Å². The predicted molar refractivity (Wildman–Crippen MR) is 114 cm³/mol. The largest absolute Gasteiger partial charge is 0.506 e. The van der Waals surface area contributed by atoms with Gasteiger partial charge in [-0.15, -0.1) is 0 Å². The molecule has 3 aromatic rings. The van der Waals surface area contributed by atoms with Gasteiger partial charge in [0.15, 0.2) is 4.75 Å². The van der Waals surface area contributed by atoms with E-state index in [0.29, 0.717) is 0 Å². The summed E-state index contributed by atoms with van der Waals surface area (Å²) >= 11 is 24.1. The van der Waals surface area contributed by atoms with Crippen molar-refractivity contribution >= 4 is 56.5 Å². The van der Waals surface area contributed by atoms with Gasteiger partial charge < -0.3 is 10.2 Å². The molecule has 3 rings (SSSR count). The first kappa shape index (κ1) is 22.0. The minimum Gasteiger partial charge on any atom is -0.506 e. The Morgan fingerprint density at radius 2 is 1.24 bits per heavy atom. The van der Waals surface area contributed by atoms with E-state index in [2.05, 4.69) is 0 Å². The molecule has 3 N–H and O–H groups in total. The first-order chi connectivity index (χ1) is 13.5. The molecule has 0 saturated carbocycles. The molecule has 3 aromatic carbocycles. The third-order valence-electron chi connectivity index (χ3n) is 4.42. The molecule has 0 saturated heterocycles. The van der Waals surface area contributed by atoms with Crippen LogP contribution < -0.4 is 0 Å². The average Bonchev–Trinajstić information content (AvgIpc) is 2.65. The maximum Gasteiger partial charge on any atom is 0.283 e. The lowest BCUT2D eigenvalue weighted by atomic mass is 9.83. The highest BCUT2D eigenvalue weighted by Crippen LogP contribution is 2.54. The number of hydrogen-bond donors (Lipinski definition) is 3. The van der Waals surface area contributed by atoms with Gasteiger partial charge in [-0.1, -0.05) is 82.8 Å². The van der Waals surface area contributed by atoms with Crippen LogP contribution in [0.15, 0.2) is 54.6 Å². The van der Waals surface area contributed by atoms with Crippen molar-refractivity contribution in [3.63, 3.8) is 0 Å². The molecule has 0 aromatic heterocycles. The highest BCUT2D eigenvalue weighted by molar-refractivity contribution is 7.87. The Hall–Kier alpha value is -1.67. The Kier molecular flexibility index (Phi) is 5.98. The predicted octanol–water partition coefficient (Wildman–Crippen LogP) is 5.89. The van der Waals surface area contributed by atoms with Gasteiger partial charge in [-0.3, -0.25) is 4.55 Å². The third kappa shape index (κ3) is 3.54. The lowest BCUT2D eigenvalue weighted by molar-refractivity contribution is 0.416. The zero-order valence-corrected chi connectivity index (χ0v) is 18.1. The zero-order chi connectivity index (χ0) is 21.6. The molecule has 0 aliphatic carbocycles. The Morgan fingerprint density at radius 1 is 0.690 bits per heavy atom. The van der Waals surface area contributed by atoms with E-state index >= 15 is 0 Å². The molecule has 152 valence electrons. The summed E-state index contributed by atoms with van der Waals surface area (Å²) in [6, 6.07) is 12.3. The Balaban J connectivity index is 2.64. The van der Waals surface area contributed by atoms with Crippen LogP contribution in [-0.2, 0) is 14.9 Å². The smallest absolute Gasteiger partial charge is 0.283 e. The number of phenols is 2. The number of phenolic OH excluding ortho intramolecular Hbond substituents is 2. The maximum absolute atomic E-state index is 12.9. The highest BCUT2D eigenvalue weighted by atomic mass is 35.5. The lowest BCUT2D eigenvalue weighted by Crippen LogP contribution is -2.38. The van der Waals surface area contributed by atoms with Crippen molar-refractivity contribution in [3.05, 3.63) is 91.4 Å². The van der Waals surface area contributed by atoms with E-state index in [4.69, 9.17) is 46.4 Å². The van der Waals surface area contributed by atoms with Crippen LogP contribution in [0.1, 0.15) is 16.7 Å². The van der Waals surface area contributed by atoms with Crippen LogP contribution in [0, 0.1) is 0 Å². The minimum absolute atomic E-state index is 0.00942. The minimum atomic E-state index is -5.13. The summed E-state index contributed by atoms with van der Waals surface area (Å²) in [6.07, 6.45) is 0. The van der Waals surface area contributed by atoms with Crippen LogP contribution in [0.4, 0.5) is 0 Å². The molecule has 10 heteroatoms. The molecule has 0 aliphatic heterocycles. The second-order valence-corrected chi connectivity index (χ2v) is 9.25. The molecular weight excluding hydrogens is 482 g/mol. The SMILES string of the molecule is O=S(=O)(O)C(c1ccccc1)(c1ccc(Cl)c(Cl)c1)c1c(O)c(Cl)cc(Cl)c1O. The molecular formula is C19H12Cl4O5S. The molecule has 1 unspecified atom stereocenters. The van der Waals surface area contributed by atoms with E-state index in [1.807, 2.05) is 0 Å². The Bertz CT molecular complexity index is 1170. The van der Waals surface area contributed by atoms with Gasteiger partial charge in [0.25, 0.3) is 10.1 Å². The Morgan fingerprint density at radius 3 is 1.72 bits per heavy atom. The van der Waals surface area contributed by atoms with E-state index in [9.17, 15) is 23.2 Å². The molecule has 0 amide bonds. The standard InChI is InChI=1S/C19H12Cl4O5S/c20-12-7-6-11(8-13(12)21)19(29(26,27)28,10-4-2-1-3-5-10)16-17(24)14(22)9-15(23)18(16)25/h1-9,24-25H,(H,26,27,28). The van der Waals surface area contributed by atoms with Crippen molar-refractivity contribution in [2.45, 2.75) is 4.75 Å². The molecule has 5 nitrogen and oxygen atoms in total. The summed E-state index contributed by atoms with van der Waals surface area (Å²) in [5, 5.41) is 20.8. The molecule has 0 fully saturated rings. The monoisotopic (exact) mass is 492 g/mol. The fourth-order valence-corrected chi connectivity index (χ4v) is 5.27. The van der Waals surface area contributed by atoms with E-state index < -0.39 is 31.9 Å².